The highest BCUT2D eigenvalue weighted by Crippen LogP contribution is 2.28. The van der Waals surface area contributed by atoms with Gasteiger partial charge in [-0.1, -0.05) is 18.0 Å². The molecular weight excluding hydrogens is 232 g/mol. The van der Waals surface area contributed by atoms with Gasteiger partial charge in [-0.2, -0.15) is 0 Å². The van der Waals surface area contributed by atoms with E-state index >= 15 is 0 Å². The van der Waals surface area contributed by atoms with E-state index in [9.17, 15) is 0 Å². The fourth-order valence-electron chi connectivity index (χ4n) is 2.23. The number of fused-ring (bicyclic) bond motifs is 1. The maximum atomic E-state index is 5.97. The summed E-state index contributed by atoms with van der Waals surface area (Å²) in [7, 11) is 0. The van der Waals surface area contributed by atoms with Gasteiger partial charge in [0.1, 0.15) is 0 Å². The fourth-order valence-corrected chi connectivity index (χ4v) is 2.39. The van der Waals surface area contributed by atoms with Gasteiger partial charge in [-0.25, -0.2) is 0 Å². The Labute approximate surface area is 106 Å². The third-order valence-electron chi connectivity index (χ3n) is 3.51. The van der Waals surface area contributed by atoms with Crippen LogP contribution in [0.15, 0.2) is 30.5 Å². The summed E-state index contributed by atoms with van der Waals surface area (Å²) in [5, 5.41) is 5.41. The van der Waals surface area contributed by atoms with Crippen LogP contribution in [0.3, 0.4) is 0 Å². The lowest BCUT2D eigenvalue weighted by Crippen LogP contribution is -2.20. The SMILES string of the molecule is Clc1ccc2c(NCC3CCC3)ccnc2c1. The van der Waals surface area contributed by atoms with Crippen LogP contribution in [0.5, 0.6) is 0 Å². The smallest absolute Gasteiger partial charge is 0.0737 e. The normalized spacial score (nSPS) is 15.8. The monoisotopic (exact) mass is 246 g/mol. The number of hydrogen-bond acceptors (Lipinski definition) is 2. The summed E-state index contributed by atoms with van der Waals surface area (Å²) in [6, 6.07) is 7.90. The van der Waals surface area contributed by atoms with E-state index in [1.165, 1.54) is 24.9 Å². The molecule has 1 aromatic carbocycles. The van der Waals surface area contributed by atoms with Crippen molar-refractivity contribution in [1.82, 2.24) is 4.98 Å². The lowest BCUT2D eigenvalue weighted by molar-refractivity contribution is 0.333. The van der Waals surface area contributed by atoms with Crippen molar-refractivity contribution >= 4 is 28.2 Å². The molecule has 0 aliphatic heterocycles. The van der Waals surface area contributed by atoms with Crippen LogP contribution in [0, 0.1) is 5.92 Å². The van der Waals surface area contributed by atoms with Gasteiger partial charge >= 0.3 is 0 Å². The van der Waals surface area contributed by atoms with Crippen LogP contribution in [0.4, 0.5) is 5.69 Å². The molecule has 17 heavy (non-hydrogen) atoms. The number of benzene rings is 1. The predicted molar refractivity (Wildman–Crippen MR) is 72.6 cm³/mol. The van der Waals surface area contributed by atoms with Gasteiger partial charge in [-0.15, -0.1) is 0 Å². The Bertz CT molecular complexity index is 535. The molecule has 0 amide bonds. The van der Waals surface area contributed by atoms with Crippen molar-refractivity contribution in [3.8, 4) is 0 Å². The van der Waals surface area contributed by atoms with Crippen LogP contribution in [0.1, 0.15) is 19.3 Å². The average molecular weight is 247 g/mol. The minimum atomic E-state index is 0.737. The first kappa shape index (κ1) is 10.8. The highest BCUT2D eigenvalue weighted by Gasteiger charge is 2.16. The minimum Gasteiger partial charge on any atom is -0.384 e. The molecule has 0 radical (unpaired) electrons. The van der Waals surface area contributed by atoms with Crippen molar-refractivity contribution in [1.29, 1.82) is 0 Å². The third-order valence-corrected chi connectivity index (χ3v) is 3.75. The van der Waals surface area contributed by atoms with Crippen LogP contribution >= 0.6 is 11.6 Å². The number of rotatable bonds is 3. The quantitative estimate of drug-likeness (QED) is 0.882. The molecule has 0 saturated heterocycles. The van der Waals surface area contributed by atoms with Crippen LogP contribution in [-0.4, -0.2) is 11.5 Å². The first-order valence-corrected chi connectivity index (χ1v) is 6.49. The molecule has 0 spiro atoms. The molecule has 2 aromatic rings. The van der Waals surface area contributed by atoms with Gasteiger partial charge in [-0.3, -0.25) is 4.98 Å². The number of halogens is 1. The topological polar surface area (TPSA) is 24.9 Å². The number of nitrogens with one attached hydrogen (secondary N) is 1. The minimum absolute atomic E-state index is 0.737. The van der Waals surface area contributed by atoms with E-state index in [0.29, 0.717) is 0 Å². The Morgan fingerprint density at radius 3 is 2.94 bits per heavy atom. The summed E-state index contributed by atoms with van der Waals surface area (Å²) in [4.78, 5) is 4.34. The third kappa shape index (κ3) is 2.22. The molecule has 3 heteroatoms. The van der Waals surface area contributed by atoms with Gasteiger partial charge in [0.15, 0.2) is 0 Å². The molecule has 0 bridgehead atoms. The van der Waals surface area contributed by atoms with Gasteiger partial charge < -0.3 is 5.32 Å². The van der Waals surface area contributed by atoms with E-state index in [1.807, 2.05) is 30.5 Å². The largest absolute Gasteiger partial charge is 0.384 e. The van der Waals surface area contributed by atoms with Crippen molar-refractivity contribution in [2.45, 2.75) is 19.3 Å². The Hall–Kier alpha value is -1.28. The highest BCUT2D eigenvalue weighted by molar-refractivity contribution is 6.31. The van der Waals surface area contributed by atoms with Gasteiger partial charge in [0, 0.05) is 28.8 Å². The second kappa shape index (κ2) is 4.53. The summed E-state index contributed by atoms with van der Waals surface area (Å²) in [5.74, 6) is 0.852. The van der Waals surface area contributed by atoms with Gasteiger partial charge in [-0.05, 0) is 43.0 Å². The molecule has 88 valence electrons. The maximum Gasteiger partial charge on any atom is 0.0737 e. The lowest BCUT2D eigenvalue weighted by Gasteiger charge is -2.26. The fraction of sp³-hybridized carbons (Fsp3) is 0.357. The van der Waals surface area contributed by atoms with Crippen LogP contribution in [0.25, 0.3) is 10.9 Å². The summed E-state index contributed by atoms with van der Waals surface area (Å²) >= 11 is 5.97. The van der Waals surface area contributed by atoms with Crippen LogP contribution < -0.4 is 5.32 Å². The second-order valence-electron chi connectivity index (χ2n) is 4.70. The first-order valence-electron chi connectivity index (χ1n) is 6.11. The predicted octanol–water partition coefficient (Wildman–Crippen LogP) is 4.10. The molecule has 1 aliphatic carbocycles. The summed E-state index contributed by atoms with van der Waals surface area (Å²) in [6.07, 6.45) is 5.95. The van der Waals surface area contributed by atoms with Gasteiger partial charge in [0.25, 0.3) is 0 Å². The Kier molecular flexibility index (Phi) is 2.89. The summed E-state index contributed by atoms with van der Waals surface area (Å²) < 4.78 is 0. The lowest BCUT2D eigenvalue weighted by atomic mass is 9.85. The number of hydrogen-bond donors (Lipinski definition) is 1. The van der Waals surface area contributed by atoms with E-state index in [1.54, 1.807) is 0 Å². The standard InChI is InChI=1S/C14H15ClN2/c15-11-4-5-12-13(6-7-16-14(12)8-11)17-9-10-2-1-3-10/h4-8,10H,1-3,9H2,(H,16,17). The summed E-state index contributed by atoms with van der Waals surface area (Å²) in [6.45, 7) is 1.07. The van der Waals surface area contributed by atoms with Gasteiger partial charge in [0.2, 0.25) is 0 Å². The first-order chi connectivity index (χ1) is 8.33. The zero-order valence-corrected chi connectivity index (χ0v) is 10.4. The Morgan fingerprint density at radius 1 is 1.29 bits per heavy atom. The molecule has 0 atom stereocenters. The number of nitrogens with zero attached hydrogens (tertiary/aromatic N) is 1. The molecule has 1 N–H and O–H groups in total. The molecular formula is C14H15ClN2. The zero-order chi connectivity index (χ0) is 11.7. The van der Waals surface area contributed by atoms with E-state index in [2.05, 4.69) is 10.3 Å². The number of aromatic nitrogens is 1. The Morgan fingerprint density at radius 2 is 2.18 bits per heavy atom. The highest BCUT2D eigenvalue weighted by atomic mass is 35.5. The van der Waals surface area contributed by atoms with Crippen LogP contribution in [-0.2, 0) is 0 Å². The van der Waals surface area contributed by atoms with Crippen LogP contribution in [0.2, 0.25) is 5.02 Å². The average Bonchev–Trinajstić information content (AvgIpc) is 2.26. The Balaban J connectivity index is 1.87. The van der Waals surface area contributed by atoms with E-state index in [4.69, 9.17) is 11.6 Å². The van der Waals surface area contributed by atoms with Crippen molar-refractivity contribution in [3.05, 3.63) is 35.5 Å². The molecule has 1 heterocycles. The number of pyridine rings is 1. The molecule has 1 saturated carbocycles. The van der Waals surface area contributed by atoms with E-state index in [-0.39, 0.29) is 0 Å². The van der Waals surface area contributed by atoms with Gasteiger partial charge in [0.05, 0.1) is 5.52 Å². The van der Waals surface area contributed by atoms with Crippen molar-refractivity contribution < 1.29 is 0 Å². The maximum absolute atomic E-state index is 5.97. The molecule has 2 nitrogen and oxygen atoms in total. The number of anilines is 1. The van der Waals surface area contributed by atoms with Crippen molar-refractivity contribution in [2.24, 2.45) is 5.92 Å². The van der Waals surface area contributed by atoms with E-state index in [0.717, 1.165) is 28.4 Å². The molecule has 1 fully saturated rings. The second-order valence-corrected chi connectivity index (χ2v) is 5.13. The van der Waals surface area contributed by atoms with E-state index < -0.39 is 0 Å². The van der Waals surface area contributed by atoms with Crippen molar-refractivity contribution in [2.75, 3.05) is 11.9 Å². The molecule has 1 aromatic heterocycles. The molecule has 3 rings (SSSR count). The summed E-state index contributed by atoms with van der Waals surface area (Å²) in [5.41, 5.74) is 2.12. The molecule has 1 aliphatic rings. The molecule has 0 unspecified atom stereocenters. The zero-order valence-electron chi connectivity index (χ0n) is 9.62. The van der Waals surface area contributed by atoms with Crippen molar-refractivity contribution in [3.63, 3.8) is 0 Å².